The summed E-state index contributed by atoms with van der Waals surface area (Å²) in [6.45, 7) is 13.9. The Morgan fingerprint density at radius 2 is 0.860 bits per heavy atom. The molecular weight excluding hydrogens is 689 g/mol. The van der Waals surface area contributed by atoms with Gasteiger partial charge in [-0.15, -0.1) is 0 Å². The first-order valence-corrected chi connectivity index (χ1v) is 20.2. The maximum atomic E-state index is 6.47. The van der Waals surface area contributed by atoms with E-state index in [0.717, 1.165) is 33.1 Å². The van der Waals surface area contributed by atoms with Crippen LogP contribution < -0.4 is 0 Å². The fraction of sp³-hybridized carbons (Fsp3) is 0.143. The van der Waals surface area contributed by atoms with Crippen LogP contribution in [-0.2, 0) is 10.8 Å². The molecule has 1 nitrogen and oxygen atoms in total. The van der Waals surface area contributed by atoms with Crippen molar-refractivity contribution in [3.63, 3.8) is 0 Å². The fourth-order valence-electron chi connectivity index (χ4n) is 8.82. The molecule has 1 heterocycles. The molecule has 0 aliphatic carbocycles. The van der Waals surface area contributed by atoms with Gasteiger partial charge in [0.1, 0.15) is 11.2 Å². The minimum atomic E-state index is -0.00932. The summed E-state index contributed by atoms with van der Waals surface area (Å²) < 4.78 is 6.47. The summed E-state index contributed by atoms with van der Waals surface area (Å²) in [5.74, 6) is 0. The zero-order chi connectivity index (χ0) is 39.1. The molecule has 0 saturated carbocycles. The molecule has 0 unspecified atom stereocenters. The van der Waals surface area contributed by atoms with Gasteiger partial charge in [0.05, 0.1) is 0 Å². The summed E-state index contributed by atoms with van der Waals surface area (Å²) in [6.07, 6.45) is 0. The van der Waals surface area contributed by atoms with Crippen molar-refractivity contribution in [3.8, 4) is 44.5 Å². The van der Waals surface area contributed by atoms with Crippen LogP contribution in [0.3, 0.4) is 0 Å². The van der Waals surface area contributed by atoms with E-state index in [9.17, 15) is 0 Å². The summed E-state index contributed by atoms with van der Waals surface area (Å²) in [7, 11) is 0. The van der Waals surface area contributed by atoms with E-state index in [1.807, 2.05) is 6.07 Å². The van der Waals surface area contributed by atoms with E-state index in [1.165, 1.54) is 76.8 Å². The van der Waals surface area contributed by atoms with Crippen LogP contribution in [0.15, 0.2) is 174 Å². The van der Waals surface area contributed by atoms with Gasteiger partial charge in [-0.1, -0.05) is 175 Å². The van der Waals surface area contributed by atoms with Crippen molar-refractivity contribution in [2.45, 2.75) is 52.4 Å². The van der Waals surface area contributed by atoms with Gasteiger partial charge >= 0.3 is 0 Å². The van der Waals surface area contributed by atoms with Gasteiger partial charge in [0.25, 0.3) is 0 Å². The van der Waals surface area contributed by atoms with Crippen LogP contribution in [0.4, 0.5) is 0 Å². The SMILES string of the molecule is CC(C)(C)c1ccc2c(-c3ccc4ccccc4c3)c3cc(C(C)(C)C)ccc3c(-c3cccc(-c4cccc(-c5cccc6c5oc5ccccc56)c4)c3)c2c1. The molecule has 0 amide bonds. The molecule has 57 heavy (non-hydrogen) atoms. The maximum absolute atomic E-state index is 6.47. The number of para-hydroxylation sites is 2. The largest absolute Gasteiger partial charge is 0.455 e. The highest BCUT2D eigenvalue weighted by molar-refractivity contribution is 6.22. The average molecular weight is 735 g/mol. The van der Waals surface area contributed by atoms with Crippen molar-refractivity contribution < 1.29 is 4.42 Å². The summed E-state index contributed by atoms with van der Waals surface area (Å²) >= 11 is 0. The lowest BCUT2D eigenvalue weighted by molar-refractivity contribution is 0.590. The van der Waals surface area contributed by atoms with Crippen LogP contribution in [-0.4, -0.2) is 0 Å². The number of hydrogen-bond donors (Lipinski definition) is 0. The molecule has 0 radical (unpaired) electrons. The van der Waals surface area contributed by atoms with Crippen molar-refractivity contribution in [2.24, 2.45) is 0 Å². The molecule has 0 aliphatic rings. The standard InChI is InChI=1S/C56H46O/c1-55(2,3)42-27-29-47-49(33-42)52(46-28-26-43(56(4,5)6)34-50(46)53(47)41-25-24-35-14-7-8-15-36(35)31-41)40-19-12-17-38(32-40)37-16-11-18-39(30-37)44-21-13-22-48-45-20-9-10-23-51(45)57-54(44)48/h7-34H,1-6H3. The molecule has 0 bridgehead atoms. The van der Waals surface area contributed by atoms with E-state index in [1.54, 1.807) is 0 Å². The Labute approximate surface area is 335 Å². The van der Waals surface area contributed by atoms with E-state index in [-0.39, 0.29) is 10.8 Å². The van der Waals surface area contributed by atoms with Gasteiger partial charge in [0.15, 0.2) is 0 Å². The molecule has 9 aromatic carbocycles. The molecule has 10 rings (SSSR count). The van der Waals surface area contributed by atoms with Crippen molar-refractivity contribution in [1.82, 2.24) is 0 Å². The Hall–Kier alpha value is -6.44. The van der Waals surface area contributed by atoms with Gasteiger partial charge in [0, 0.05) is 16.3 Å². The van der Waals surface area contributed by atoms with Gasteiger partial charge in [0.2, 0.25) is 0 Å². The van der Waals surface area contributed by atoms with Crippen molar-refractivity contribution in [2.75, 3.05) is 0 Å². The van der Waals surface area contributed by atoms with Crippen LogP contribution >= 0.6 is 0 Å². The molecular formula is C56H46O. The zero-order valence-corrected chi connectivity index (χ0v) is 33.6. The van der Waals surface area contributed by atoms with Crippen LogP contribution in [0.1, 0.15) is 52.7 Å². The molecule has 0 atom stereocenters. The lowest BCUT2D eigenvalue weighted by Crippen LogP contribution is -2.11. The Morgan fingerprint density at radius 3 is 1.53 bits per heavy atom. The number of rotatable bonds is 4. The van der Waals surface area contributed by atoms with E-state index >= 15 is 0 Å². The second-order valence-corrected chi connectivity index (χ2v) is 17.8. The number of benzene rings is 9. The fourth-order valence-corrected chi connectivity index (χ4v) is 8.82. The molecule has 0 spiro atoms. The van der Waals surface area contributed by atoms with Gasteiger partial charge in [-0.2, -0.15) is 0 Å². The Kier molecular flexibility index (Phi) is 8.03. The summed E-state index contributed by atoms with van der Waals surface area (Å²) in [6, 6.07) is 62.9. The van der Waals surface area contributed by atoms with E-state index in [2.05, 4.69) is 205 Å². The minimum Gasteiger partial charge on any atom is -0.455 e. The van der Waals surface area contributed by atoms with Crippen molar-refractivity contribution in [3.05, 3.63) is 181 Å². The monoisotopic (exact) mass is 734 g/mol. The molecule has 1 heteroatoms. The Morgan fingerprint density at radius 1 is 0.333 bits per heavy atom. The second kappa shape index (κ2) is 13.1. The first-order valence-electron chi connectivity index (χ1n) is 20.2. The smallest absolute Gasteiger partial charge is 0.143 e. The predicted octanol–water partition coefficient (Wildman–Crippen LogP) is 16.3. The van der Waals surface area contributed by atoms with Crippen LogP contribution in [0.25, 0.3) is 98.8 Å². The van der Waals surface area contributed by atoms with E-state index < -0.39 is 0 Å². The summed E-state index contributed by atoms with van der Waals surface area (Å²) in [5.41, 5.74) is 14.1. The minimum absolute atomic E-state index is 0.00229. The number of hydrogen-bond acceptors (Lipinski definition) is 1. The molecule has 276 valence electrons. The third kappa shape index (κ3) is 6.01. The quantitative estimate of drug-likeness (QED) is 0.164. The molecule has 10 aromatic rings. The summed E-state index contributed by atoms with van der Waals surface area (Å²) in [5, 5.41) is 9.92. The van der Waals surface area contributed by atoms with E-state index in [4.69, 9.17) is 4.42 Å². The lowest BCUT2D eigenvalue weighted by atomic mass is 9.79. The van der Waals surface area contributed by atoms with Crippen molar-refractivity contribution >= 4 is 54.3 Å². The number of furan rings is 1. The lowest BCUT2D eigenvalue weighted by Gasteiger charge is -2.25. The predicted molar refractivity (Wildman–Crippen MR) is 245 cm³/mol. The highest BCUT2D eigenvalue weighted by atomic mass is 16.3. The molecule has 0 fully saturated rings. The highest BCUT2D eigenvalue weighted by Gasteiger charge is 2.23. The Bertz CT molecular complexity index is 3200. The topological polar surface area (TPSA) is 13.1 Å². The normalized spacial score (nSPS) is 12.4. The van der Waals surface area contributed by atoms with Crippen molar-refractivity contribution in [1.29, 1.82) is 0 Å². The first-order chi connectivity index (χ1) is 27.5. The van der Waals surface area contributed by atoms with Crippen LogP contribution in [0, 0.1) is 0 Å². The second-order valence-electron chi connectivity index (χ2n) is 17.8. The molecule has 1 aromatic heterocycles. The third-order valence-corrected chi connectivity index (χ3v) is 11.9. The van der Waals surface area contributed by atoms with E-state index in [0.29, 0.717) is 0 Å². The molecule has 0 aliphatic heterocycles. The molecule has 0 saturated heterocycles. The van der Waals surface area contributed by atoms with Crippen LogP contribution in [0.5, 0.6) is 0 Å². The summed E-state index contributed by atoms with van der Waals surface area (Å²) in [4.78, 5) is 0. The zero-order valence-electron chi connectivity index (χ0n) is 33.6. The van der Waals surface area contributed by atoms with Gasteiger partial charge < -0.3 is 4.42 Å². The maximum Gasteiger partial charge on any atom is 0.143 e. The van der Waals surface area contributed by atoms with Crippen LogP contribution in [0.2, 0.25) is 0 Å². The first kappa shape index (κ1) is 35.0. The van der Waals surface area contributed by atoms with Gasteiger partial charge in [-0.05, 0) is 130 Å². The average Bonchev–Trinajstić information content (AvgIpc) is 3.61. The van der Waals surface area contributed by atoms with Gasteiger partial charge in [-0.25, -0.2) is 0 Å². The highest BCUT2D eigenvalue weighted by Crippen LogP contribution is 2.47. The third-order valence-electron chi connectivity index (χ3n) is 11.9. The molecule has 0 N–H and O–H groups in total. The Balaban J connectivity index is 1.21. The van der Waals surface area contributed by atoms with Gasteiger partial charge in [-0.3, -0.25) is 0 Å². The number of fused-ring (bicyclic) bond motifs is 6.